The number of hydrogen-bond donors (Lipinski definition) is 2. The number of nitrogens with zero attached hydrogens (tertiary/aromatic N) is 1. The van der Waals surface area contributed by atoms with Crippen LogP contribution in [0.15, 0.2) is 24.3 Å². The van der Waals surface area contributed by atoms with Gasteiger partial charge < -0.3 is 16.2 Å². The maximum absolute atomic E-state index is 10.7. The van der Waals surface area contributed by atoms with Crippen LogP contribution in [0.5, 0.6) is 5.75 Å². The number of nitrogens with two attached hydrogens (primary N) is 2. The summed E-state index contributed by atoms with van der Waals surface area (Å²) in [7, 11) is 1.81. The van der Waals surface area contributed by atoms with E-state index in [4.69, 9.17) is 28.4 Å². The fraction of sp³-hybridized carbons (Fsp3) is 0.333. The highest BCUT2D eigenvalue weighted by molar-refractivity contribution is 7.80. The number of benzene rings is 1. The molecular weight excluding hydrogens is 250 g/mol. The van der Waals surface area contributed by atoms with Crippen LogP contribution in [0, 0.1) is 0 Å². The van der Waals surface area contributed by atoms with Gasteiger partial charge in [-0.05, 0) is 31.3 Å². The summed E-state index contributed by atoms with van der Waals surface area (Å²) >= 11 is 4.85. The van der Waals surface area contributed by atoms with Gasteiger partial charge in [-0.15, -0.1) is 0 Å². The van der Waals surface area contributed by atoms with Crippen molar-refractivity contribution in [2.24, 2.45) is 11.5 Å². The Morgan fingerprint density at radius 3 is 2.44 bits per heavy atom. The Balaban J connectivity index is 2.35. The van der Waals surface area contributed by atoms with Crippen molar-refractivity contribution in [1.82, 2.24) is 4.90 Å². The Bertz CT molecular complexity index is 420. The maximum atomic E-state index is 10.7. The molecule has 0 saturated heterocycles. The van der Waals surface area contributed by atoms with Crippen LogP contribution < -0.4 is 16.2 Å². The molecule has 1 rings (SSSR count). The molecule has 0 aliphatic rings. The van der Waals surface area contributed by atoms with Gasteiger partial charge in [-0.2, -0.15) is 0 Å². The van der Waals surface area contributed by atoms with E-state index < -0.39 is 0 Å². The van der Waals surface area contributed by atoms with E-state index in [0.717, 1.165) is 11.3 Å². The molecule has 0 atom stereocenters. The van der Waals surface area contributed by atoms with Crippen molar-refractivity contribution < 1.29 is 9.53 Å². The predicted octanol–water partition coefficient (Wildman–Crippen LogP) is 0.117. The molecule has 18 heavy (non-hydrogen) atoms. The highest BCUT2D eigenvalue weighted by atomic mass is 32.1. The van der Waals surface area contributed by atoms with E-state index in [-0.39, 0.29) is 12.5 Å². The summed E-state index contributed by atoms with van der Waals surface area (Å²) in [5.41, 5.74) is 11.4. The first kappa shape index (κ1) is 14.4. The molecule has 5 nitrogen and oxygen atoms in total. The van der Waals surface area contributed by atoms with Crippen LogP contribution in [0.25, 0.3) is 0 Å². The summed E-state index contributed by atoms with van der Waals surface area (Å²) in [6.07, 6.45) is 0. The molecule has 0 aliphatic carbocycles. The van der Waals surface area contributed by atoms with Gasteiger partial charge in [0.2, 0.25) is 5.91 Å². The second-order valence-electron chi connectivity index (χ2n) is 3.94. The molecule has 0 bridgehead atoms. The van der Waals surface area contributed by atoms with Gasteiger partial charge in [0.1, 0.15) is 17.3 Å². The minimum absolute atomic E-state index is 0.226. The summed E-state index contributed by atoms with van der Waals surface area (Å²) in [5.74, 6) is 0.390. The SMILES string of the molecule is CN(CCOc1ccc(C(N)=S)cc1)CC(N)=O. The van der Waals surface area contributed by atoms with Crippen molar-refractivity contribution >= 4 is 23.1 Å². The highest BCUT2D eigenvalue weighted by Gasteiger charge is 2.03. The lowest BCUT2D eigenvalue weighted by molar-refractivity contribution is -0.118. The number of ether oxygens (including phenoxy) is 1. The number of hydrogen-bond acceptors (Lipinski definition) is 4. The quantitative estimate of drug-likeness (QED) is 0.686. The van der Waals surface area contributed by atoms with Crippen molar-refractivity contribution in [3.8, 4) is 5.75 Å². The normalized spacial score (nSPS) is 10.3. The smallest absolute Gasteiger partial charge is 0.231 e. The lowest BCUT2D eigenvalue weighted by Gasteiger charge is -2.14. The molecule has 98 valence electrons. The molecule has 0 heterocycles. The van der Waals surface area contributed by atoms with Crippen molar-refractivity contribution in [3.05, 3.63) is 29.8 Å². The number of thiocarbonyl (C=S) groups is 1. The van der Waals surface area contributed by atoms with E-state index in [9.17, 15) is 4.79 Å². The molecule has 4 N–H and O–H groups in total. The number of likely N-dealkylation sites (N-methyl/N-ethyl adjacent to an activating group) is 1. The molecule has 0 fully saturated rings. The van der Waals surface area contributed by atoms with Gasteiger partial charge in [-0.3, -0.25) is 9.69 Å². The van der Waals surface area contributed by atoms with Crippen molar-refractivity contribution in [3.63, 3.8) is 0 Å². The van der Waals surface area contributed by atoms with E-state index in [0.29, 0.717) is 18.1 Å². The van der Waals surface area contributed by atoms with Crippen LogP contribution in [-0.4, -0.2) is 42.5 Å². The molecule has 0 aliphatic heterocycles. The Morgan fingerprint density at radius 1 is 1.33 bits per heavy atom. The number of carbonyl (C=O) groups is 1. The topological polar surface area (TPSA) is 81.6 Å². The standard InChI is InChI=1S/C12H17N3O2S/c1-15(8-11(13)16)6-7-17-10-4-2-9(3-5-10)12(14)18/h2-5H,6-8H2,1H3,(H2,13,16)(H2,14,18). The van der Waals surface area contributed by atoms with Crippen LogP contribution in [0.1, 0.15) is 5.56 Å². The van der Waals surface area contributed by atoms with Crippen molar-refractivity contribution in [2.75, 3.05) is 26.7 Å². The molecule has 1 amide bonds. The second-order valence-corrected chi connectivity index (χ2v) is 4.38. The molecule has 0 saturated carbocycles. The maximum Gasteiger partial charge on any atom is 0.231 e. The zero-order valence-corrected chi connectivity index (χ0v) is 11.1. The van der Waals surface area contributed by atoms with E-state index >= 15 is 0 Å². The fourth-order valence-corrected chi connectivity index (χ4v) is 1.52. The van der Waals surface area contributed by atoms with Gasteiger partial charge in [-0.1, -0.05) is 12.2 Å². The van der Waals surface area contributed by atoms with Gasteiger partial charge >= 0.3 is 0 Å². The molecule has 6 heteroatoms. The lowest BCUT2D eigenvalue weighted by Crippen LogP contribution is -2.33. The zero-order chi connectivity index (χ0) is 13.5. The number of carbonyl (C=O) groups excluding carboxylic acids is 1. The third-order valence-corrected chi connectivity index (χ3v) is 2.54. The first-order valence-corrected chi connectivity index (χ1v) is 5.89. The van der Waals surface area contributed by atoms with Gasteiger partial charge in [0.05, 0.1) is 6.54 Å². The third-order valence-electron chi connectivity index (χ3n) is 2.31. The summed E-state index contributed by atoms with van der Waals surface area (Å²) in [5, 5.41) is 0. The van der Waals surface area contributed by atoms with Gasteiger partial charge in [0, 0.05) is 12.1 Å². The average molecular weight is 267 g/mol. The van der Waals surface area contributed by atoms with E-state index in [2.05, 4.69) is 0 Å². The summed E-state index contributed by atoms with van der Waals surface area (Å²) in [6.45, 7) is 1.33. The van der Waals surface area contributed by atoms with Gasteiger partial charge in [0.25, 0.3) is 0 Å². The van der Waals surface area contributed by atoms with Crippen LogP contribution >= 0.6 is 12.2 Å². The summed E-state index contributed by atoms with van der Waals surface area (Å²) in [4.78, 5) is 12.8. The van der Waals surface area contributed by atoms with E-state index in [1.807, 2.05) is 31.3 Å². The molecule has 0 aromatic heterocycles. The number of rotatable bonds is 7. The largest absolute Gasteiger partial charge is 0.492 e. The summed E-state index contributed by atoms with van der Waals surface area (Å²) in [6, 6.07) is 7.24. The minimum Gasteiger partial charge on any atom is -0.492 e. The monoisotopic (exact) mass is 267 g/mol. The van der Waals surface area contributed by atoms with Crippen molar-refractivity contribution in [1.29, 1.82) is 0 Å². The Hall–Kier alpha value is -1.66. The summed E-state index contributed by atoms with van der Waals surface area (Å²) < 4.78 is 5.52. The van der Waals surface area contributed by atoms with Crippen LogP contribution in [0.3, 0.4) is 0 Å². The molecule has 1 aromatic rings. The zero-order valence-electron chi connectivity index (χ0n) is 10.3. The van der Waals surface area contributed by atoms with Crippen LogP contribution in [0.2, 0.25) is 0 Å². The van der Waals surface area contributed by atoms with Crippen LogP contribution in [-0.2, 0) is 4.79 Å². The number of amides is 1. The van der Waals surface area contributed by atoms with Gasteiger partial charge in [-0.25, -0.2) is 0 Å². The predicted molar refractivity (Wildman–Crippen MR) is 74.5 cm³/mol. The third kappa shape index (κ3) is 5.11. The van der Waals surface area contributed by atoms with E-state index in [1.54, 1.807) is 4.90 Å². The van der Waals surface area contributed by atoms with Crippen molar-refractivity contribution in [2.45, 2.75) is 0 Å². The second kappa shape index (κ2) is 6.93. The highest BCUT2D eigenvalue weighted by Crippen LogP contribution is 2.11. The Labute approximate surface area is 112 Å². The lowest BCUT2D eigenvalue weighted by atomic mass is 10.2. The van der Waals surface area contributed by atoms with E-state index in [1.165, 1.54) is 0 Å². The molecule has 0 unspecified atom stereocenters. The fourth-order valence-electron chi connectivity index (χ4n) is 1.38. The average Bonchev–Trinajstić information content (AvgIpc) is 2.28. The minimum atomic E-state index is -0.349. The molecule has 0 spiro atoms. The molecule has 0 radical (unpaired) electrons. The van der Waals surface area contributed by atoms with Gasteiger partial charge in [0.15, 0.2) is 0 Å². The Morgan fingerprint density at radius 2 is 1.94 bits per heavy atom. The Kier molecular flexibility index (Phi) is 5.54. The van der Waals surface area contributed by atoms with Crippen LogP contribution in [0.4, 0.5) is 0 Å². The molecular formula is C12H17N3O2S. The molecule has 1 aromatic carbocycles. The number of primary amides is 1. The first-order chi connectivity index (χ1) is 8.49. The first-order valence-electron chi connectivity index (χ1n) is 5.48.